The van der Waals surface area contributed by atoms with E-state index in [0.29, 0.717) is 12.2 Å². The average molecular weight is 675 g/mol. The number of carbonyl (C=O) groups excluding carboxylic acids is 1. The van der Waals surface area contributed by atoms with Gasteiger partial charge in [-0.1, -0.05) is 92.7 Å². The Morgan fingerprint density at radius 2 is 1.63 bits per heavy atom. The van der Waals surface area contributed by atoms with Crippen LogP contribution in [0.15, 0.2) is 97.3 Å². The zero-order valence-corrected chi connectivity index (χ0v) is 30.1. The van der Waals surface area contributed by atoms with Crippen molar-refractivity contribution in [1.82, 2.24) is 24.8 Å². The number of ether oxygens (including phenoxy) is 1. The van der Waals surface area contributed by atoms with Gasteiger partial charge in [-0.05, 0) is 59.8 Å². The van der Waals surface area contributed by atoms with E-state index in [9.17, 15) is 4.79 Å². The van der Waals surface area contributed by atoms with Crippen molar-refractivity contribution in [3.8, 4) is 5.69 Å². The predicted octanol–water partition coefficient (Wildman–Crippen LogP) is 5.99. The summed E-state index contributed by atoms with van der Waals surface area (Å²) in [6, 6.07) is 30.3. The number of piperidine rings is 1. The maximum atomic E-state index is 13.1. The Kier molecular flexibility index (Phi) is 9.02. The van der Waals surface area contributed by atoms with Gasteiger partial charge in [-0.15, -0.1) is 5.10 Å². The van der Waals surface area contributed by atoms with Crippen molar-refractivity contribution in [2.24, 2.45) is 7.05 Å². The van der Waals surface area contributed by atoms with Crippen LogP contribution in [0.4, 0.5) is 5.69 Å². The van der Waals surface area contributed by atoms with Gasteiger partial charge in [0.15, 0.2) is 0 Å². The van der Waals surface area contributed by atoms with Crippen molar-refractivity contribution >= 4 is 30.3 Å². The number of aromatic nitrogens is 5. The number of nitrogens with zero attached hydrogens (tertiary/aromatic N) is 6. The quantitative estimate of drug-likeness (QED) is 0.133. The molecule has 1 saturated carbocycles. The number of carbonyl (C=O) groups is 1. The summed E-state index contributed by atoms with van der Waals surface area (Å²) in [5.41, 5.74) is 4.36. The van der Waals surface area contributed by atoms with Crippen LogP contribution in [-0.2, 0) is 16.2 Å². The molecular formula is C39H46N6O3Si. The van der Waals surface area contributed by atoms with Crippen molar-refractivity contribution in [1.29, 1.82) is 0 Å². The number of anilines is 1. The van der Waals surface area contributed by atoms with Crippen LogP contribution in [0.2, 0.25) is 5.04 Å². The molecule has 2 aromatic heterocycles. The molecule has 1 aliphatic carbocycles. The van der Waals surface area contributed by atoms with Crippen LogP contribution in [0.3, 0.4) is 0 Å². The van der Waals surface area contributed by atoms with Gasteiger partial charge in [-0.3, -0.25) is 4.68 Å². The van der Waals surface area contributed by atoms with Crippen molar-refractivity contribution in [3.05, 3.63) is 114 Å². The molecule has 0 radical (unpaired) electrons. The van der Waals surface area contributed by atoms with Crippen molar-refractivity contribution in [2.75, 3.05) is 24.6 Å². The molecule has 0 amide bonds. The first-order valence-electron chi connectivity index (χ1n) is 17.4. The molecule has 3 atom stereocenters. The molecule has 10 heteroatoms. The maximum absolute atomic E-state index is 13.1. The molecule has 3 heterocycles. The summed E-state index contributed by atoms with van der Waals surface area (Å²) in [6.07, 6.45) is 6.61. The van der Waals surface area contributed by atoms with Crippen molar-refractivity contribution in [2.45, 2.75) is 69.9 Å². The fourth-order valence-electron chi connectivity index (χ4n) is 7.68. The van der Waals surface area contributed by atoms with Crippen LogP contribution < -0.4 is 15.3 Å². The van der Waals surface area contributed by atoms with Crippen molar-refractivity contribution in [3.63, 3.8) is 0 Å². The zero-order chi connectivity index (χ0) is 34.2. The number of hydrogen-bond acceptors (Lipinski definition) is 7. The molecule has 7 rings (SSSR count). The summed E-state index contributed by atoms with van der Waals surface area (Å²) in [5.74, 6) is -0.0625. The normalized spacial score (nSPS) is 19.5. The maximum Gasteiger partial charge on any atom is 0.341 e. The molecule has 0 spiro atoms. The highest BCUT2D eigenvalue weighted by Gasteiger charge is 2.52. The van der Waals surface area contributed by atoms with E-state index >= 15 is 0 Å². The Morgan fingerprint density at radius 3 is 2.27 bits per heavy atom. The molecule has 2 aliphatic rings. The second kappa shape index (κ2) is 13.4. The summed E-state index contributed by atoms with van der Waals surface area (Å²) in [7, 11) is -0.814. The second-order valence-electron chi connectivity index (χ2n) is 14.4. The summed E-state index contributed by atoms with van der Waals surface area (Å²) in [5, 5.41) is 15.8. The van der Waals surface area contributed by atoms with Gasteiger partial charge in [0.2, 0.25) is 0 Å². The van der Waals surface area contributed by atoms with Gasteiger partial charge in [0.25, 0.3) is 8.32 Å². The standard InChI is InChI=1S/C39H46N6O3Si/c1-6-47-38(46)35-25-40-45(37(35)34-24-33(34)36-27-43(5)42-41-36)29-16-13-15-28(23-29)44-22-14-17-30(26-44)48-49(39(2,3)4,31-18-9-7-10-19-31)32-20-11-8-12-21-32/h7-13,15-16,18-21,23,25,27,30,33-34H,6,14,17,22,24,26H2,1-5H3/t30-,33-,34-/m1/s1. The topological polar surface area (TPSA) is 87.3 Å². The molecule has 49 heavy (non-hydrogen) atoms. The first kappa shape index (κ1) is 33.0. The molecule has 3 aromatic carbocycles. The first-order chi connectivity index (χ1) is 23.7. The minimum Gasteiger partial charge on any atom is -0.462 e. The van der Waals surface area contributed by atoms with Gasteiger partial charge in [0.05, 0.1) is 36.0 Å². The van der Waals surface area contributed by atoms with Crippen LogP contribution in [0.1, 0.15) is 80.5 Å². The predicted molar refractivity (Wildman–Crippen MR) is 195 cm³/mol. The highest BCUT2D eigenvalue weighted by molar-refractivity contribution is 6.99. The van der Waals surface area contributed by atoms with Gasteiger partial charge in [-0.2, -0.15) is 5.10 Å². The number of rotatable bonds is 10. The van der Waals surface area contributed by atoms with E-state index in [-0.39, 0.29) is 28.9 Å². The summed E-state index contributed by atoms with van der Waals surface area (Å²) in [6.45, 7) is 10.9. The minimum absolute atomic E-state index is 0.0681. The fraction of sp³-hybridized carbons (Fsp3) is 0.385. The SMILES string of the molecule is CCOC(=O)c1cnn(-c2cccc(N3CCC[C@@H](O[Si](c4ccccc4)(c4ccccc4)C(C)(C)C)C3)c2)c1[C@@H]1C[C@H]1c1cn(C)nn1. The molecule has 9 nitrogen and oxygen atoms in total. The lowest BCUT2D eigenvalue weighted by Gasteiger charge is -2.47. The molecule has 0 N–H and O–H groups in total. The van der Waals surface area contributed by atoms with Crippen LogP contribution >= 0.6 is 0 Å². The third kappa shape index (κ3) is 6.35. The molecule has 0 bridgehead atoms. The van der Waals surface area contributed by atoms with Gasteiger partial charge < -0.3 is 14.1 Å². The molecular weight excluding hydrogens is 629 g/mol. The van der Waals surface area contributed by atoms with Gasteiger partial charge >= 0.3 is 5.97 Å². The average Bonchev–Trinajstić information content (AvgIpc) is 3.56. The van der Waals surface area contributed by atoms with E-state index in [1.165, 1.54) is 10.4 Å². The Morgan fingerprint density at radius 1 is 0.939 bits per heavy atom. The Bertz CT molecular complexity index is 1860. The van der Waals surface area contributed by atoms with E-state index in [0.717, 1.165) is 55.1 Å². The third-order valence-corrected chi connectivity index (χ3v) is 15.1. The van der Waals surface area contributed by atoms with E-state index < -0.39 is 8.32 Å². The lowest BCUT2D eigenvalue weighted by atomic mass is 10.1. The molecule has 1 saturated heterocycles. The van der Waals surface area contributed by atoms with E-state index in [1.807, 2.05) is 24.9 Å². The Balaban J connectivity index is 1.19. The van der Waals surface area contributed by atoms with Gasteiger partial charge in [0.1, 0.15) is 5.56 Å². The fourth-order valence-corrected chi connectivity index (χ4v) is 12.4. The Labute approximate surface area is 290 Å². The van der Waals surface area contributed by atoms with E-state index in [2.05, 4.69) is 121 Å². The number of hydrogen-bond donors (Lipinski definition) is 0. The van der Waals surface area contributed by atoms with E-state index in [4.69, 9.17) is 14.3 Å². The summed E-state index contributed by atoms with van der Waals surface area (Å²) < 4.78 is 16.7. The molecule has 254 valence electrons. The highest BCUT2D eigenvalue weighted by Crippen LogP contribution is 2.55. The third-order valence-electron chi connectivity index (χ3n) is 10.0. The molecule has 0 unspecified atom stereocenters. The van der Waals surface area contributed by atoms with Crippen LogP contribution in [0, 0.1) is 0 Å². The van der Waals surface area contributed by atoms with Gasteiger partial charge in [-0.25, -0.2) is 9.48 Å². The largest absolute Gasteiger partial charge is 0.462 e. The van der Waals surface area contributed by atoms with Gasteiger partial charge in [0, 0.05) is 43.9 Å². The van der Waals surface area contributed by atoms with Crippen LogP contribution in [-0.4, -0.2) is 64.9 Å². The Hall–Kier alpha value is -4.54. The number of benzene rings is 3. The smallest absolute Gasteiger partial charge is 0.341 e. The molecule has 5 aromatic rings. The second-order valence-corrected chi connectivity index (χ2v) is 18.6. The monoisotopic (exact) mass is 674 g/mol. The van der Waals surface area contributed by atoms with Crippen LogP contribution in [0.25, 0.3) is 5.69 Å². The lowest BCUT2D eigenvalue weighted by molar-refractivity contribution is 0.0525. The van der Waals surface area contributed by atoms with E-state index in [1.54, 1.807) is 10.9 Å². The lowest BCUT2D eigenvalue weighted by Crippen LogP contribution is -2.68. The minimum atomic E-state index is -2.69. The van der Waals surface area contributed by atoms with Crippen molar-refractivity contribution < 1.29 is 14.0 Å². The highest BCUT2D eigenvalue weighted by atomic mass is 28.4. The number of esters is 1. The zero-order valence-electron chi connectivity index (χ0n) is 29.1. The first-order valence-corrected chi connectivity index (χ1v) is 19.4. The summed E-state index contributed by atoms with van der Waals surface area (Å²) >= 11 is 0. The number of aryl methyl sites for hydroxylation is 1. The molecule has 2 fully saturated rings. The summed E-state index contributed by atoms with van der Waals surface area (Å²) in [4.78, 5) is 15.6. The van der Waals surface area contributed by atoms with Crippen LogP contribution in [0.5, 0.6) is 0 Å². The molecule has 1 aliphatic heterocycles.